The first kappa shape index (κ1) is 7.83. The Kier molecular flexibility index (Phi) is 3.29. The van der Waals surface area contributed by atoms with Crippen LogP contribution >= 0.6 is 12.2 Å². The van der Waals surface area contributed by atoms with E-state index in [9.17, 15) is 0 Å². The van der Waals surface area contributed by atoms with E-state index < -0.39 is 0 Å². The predicted molar refractivity (Wildman–Crippen MR) is 41.1 cm³/mol. The van der Waals surface area contributed by atoms with Crippen LogP contribution in [0.2, 0.25) is 0 Å². The van der Waals surface area contributed by atoms with Crippen molar-refractivity contribution >= 4 is 30.0 Å². The van der Waals surface area contributed by atoms with E-state index >= 15 is 0 Å². The largest absolute Gasteiger partial charge is 0.375 e. The van der Waals surface area contributed by atoms with Gasteiger partial charge in [-0.2, -0.15) is 0 Å². The lowest BCUT2D eigenvalue weighted by Crippen LogP contribution is -2.26. The van der Waals surface area contributed by atoms with Crippen molar-refractivity contribution in [3.63, 3.8) is 0 Å². The molecule has 0 aromatic heterocycles. The molecule has 0 unspecified atom stereocenters. The van der Waals surface area contributed by atoms with Crippen LogP contribution in [0.15, 0.2) is 10.1 Å². The zero-order valence-electron chi connectivity index (χ0n) is 4.66. The molecule has 50 valence electrons. The third-order valence-electron chi connectivity index (χ3n) is 0.443. The van der Waals surface area contributed by atoms with Crippen molar-refractivity contribution in [1.82, 2.24) is 5.43 Å². The molecule has 0 heterocycles. The topological polar surface area (TPSA) is 88.8 Å². The van der Waals surface area contributed by atoms with Crippen molar-refractivity contribution in [2.75, 3.05) is 0 Å². The number of nitrogens with two attached hydrogens (primary N) is 2. The molecule has 5 N–H and O–H groups in total. The quantitative estimate of drug-likeness (QED) is 0.186. The molecule has 0 aromatic carbocycles. The summed E-state index contributed by atoms with van der Waals surface area (Å²) in [6, 6.07) is 0. The fourth-order valence-corrected chi connectivity index (χ4v) is 0.193. The fraction of sp³-hybridized carbons (Fsp3) is 0. The van der Waals surface area contributed by atoms with Gasteiger partial charge in [-0.15, -0.1) is 5.10 Å². The van der Waals surface area contributed by atoms with Crippen molar-refractivity contribution in [3.05, 3.63) is 0 Å². The smallest absolute Gasteiger partial charge is 0.237 e. The number of thiocarbonyl (C=S) groups is 1. The summed E-state index contributed by atoms with van der Waals surface area (Å²) in [6.07, 6.45) is 0. The van der Waals surface area contributed by atoms with Crippen molar-refractivity contribution < 1.29 is 0 Å². The normalized spacial score (nSPS) is 10.4. The van der Waals surface area contributed by atoms with E-state index in [-0.39, 0.29) is 11.1 Å². The van der Waals surface area contributed by atoms with Gasteiger partial charge in [-0.05, 0) is 18.9 Å². The fourth-order valence-electron chi connectivity index (χ4n) is 0.148. The van der Waals surface area contributed by atoms with Gasteiger partial charge < -0.3 is 11.5 Å². The monoisotopic (exact) mass is 145 g/mol. The molecule has 5 nitrogen and oxygen atoms in total. The Labute approximate surface area is 57.8 Å². The molecule has 0 atom stereocenters. The highest BCUT2D eigenvalue weighted by molar-refractivity contribution is 7.80. The maximum atomic E-state index is 5.06. The summed E-state index contributed by atoms with van der Waals surface area (Å²) in [6.45, 7) is 3.11. The molecule has 0 saturated carbocycles. The molecule has 0 aliphatic rings. The second kappa shape index (κ2) is 3.79. The summed E-state index contributed by atoms with van der Waals surface area (Å²) >= 11 is 4.40. The average molecular weight is 145 g/mol. The van der Waals surface area contributed by atoms with E-state index in [0.717, 1.165) is 0 Å². The number of guanidine groups is 1. The Balaban J connectivity index is 3.69. The van der Waals surface area contributed by atoms with Gasteiger partial charge in [0.25, 0.3) is 0 Å². The molecular weight excluding hydrogens is 138 g/mol. The first-order valence-electron chi connectivity index (χ1n) is 2.02. The highest BCUT2D eigenvalue weighted by atomic mass is 32.1. The van der Waals surface area contributed by atoms with Crippen LogP contribution in [0.25, 0.3) is 0 Å². The van der Waals surface area contributed by atoms with Crippen LogP contribution in [0, 0.1) is 0 Å². The minimum absolute atomic E-state index is 0.00259. The molecule has 0 rings (SSSR count). The number of nitrogens with zero attached hydrogens (tertiary/aromatic N) is 2. The van der Waals surface area contributed by atoms with Crippen molar-refractivity contribution in [2.24, 2.45) is 21.6 Å². The van der Waals surface area contributed by atoms with Crippen LogP contribution < -0.4 is 16.9 Å². The van der Waals surface area contributed by atoms with Gasteiger partial charge in [0.05, 0.1) is 0 Å². The summed E-state index contributed by atoms with van der Waals surface area (Å²) in [5.74, 6) is 0.00259. The molecule has 0 amide bonds. The Morgan fingerprint density at radius 2 is 2.11 bits per heavy atom. The van der Waals surface area contributed by atoms with Gasteiger partial charge in [-0.25, -0.2) is 4.99 Å². The molecule has 0 aliphatic carbocycles. The van der Waals surface area contributed by atoms with Crippen LogP contribution in [0.4, 0.5) is 0 Å². The average Bonchev–Trinajstić information content (AvgIpc) is 1.83. The van der Waals surface area contributed by atoms with Crippen molar-refractivity contribution in [3.8, 4) is 0 Å². The first-order chi connectivity index (χ1) is 4.16. The molecule has 0 aliphatic heterocycles. The number of nitrogens with one attached hydrogen (secondary N) is 1. The Bertz CT molecular complexity index is 150. The van der Waals surface area contributed by atoms with Gasteiger partial charge in [-0.1, -0.05) is 0 Å². The number of aliphatic imine (C=N–C) groups is 1. The standard InChI is InChI=1S/C3H7N5S/c1-6-2(4)7-8-3(5)9/h1H2,(H2,4,7)(H3,5,8,9). The van der Waals surface area contributed by atoms with Gasteiger partial charge in [0.15, 0.2) is 5.11 Å². The van der Waals surface area contributed by atoms with E-state index in [4.69, 9.17) is 11.5 Å². The minimum Gasteiger partial charge on any atom is -0.375 e. The third-order valence-corrected chi connectivity index (χ3v) is 0.534. The lowest BCUT2D eigenvalue weighted by atomic mass is 11.0. The molecule has 6 heteroatoms. The van der Waals surface area contributed by atoms with E-state index in [1.54, 1.807) is 0 Å². The molecule has 0 radical (unpaired) electrons. The first-order valence-corrected chi connectivity index (χ1v) is 2.43. The highest BCUT2D eigenvalue weighted by Gasteiger charge is 1.82. The van der Waals surface area contributed by atoms with E-state index in [1.807, 2.05) is 0 Å². The minimum atomic E-state index is 0.00259. The lowest BCUT2D eigenvalue weighted by molar-refractivity contribution is 1.02. The van der Waals surface area contributed by atoms with Crippen LogP contribution in [-0.4, -0.2) is 17.8 Å². The summed E-state index contributed by atoms with van der Waals surface area (Å²) in [4.78, 5) is 3.26. The van der Waals surface area contributed by atoms with Crippen molar-refractivity contribution in [1.29, 1.82) is 0 Å². The van der Waals surface area contributed by atoms with Gasteiger partial charge in [-0.3, -0.25) is 5.43 Å². The molecular formula is C3H7N5S. The maximum Gasteiger partial charge on any atom is 0.237 e. The Morgan fingerprint density at radius 3 is 2.44 bits per heavy atom. The van der Waals surface area contributed by atoms with Crippen LogP contribution in [0.1, 0.15) is 0 Å². The lowest BCUT2D eigenvalue weighted by Gasteiger charge is -1.93. The molecule has 0 fully saturated rings. The summed E-state index contributed by atoms with van der Waals surface area (Å²) in [7, 11) is 0. The number of rotatable bonds is 1. The van der Waals surface area contributed by atoms with E-state index in [1.165, 1.54) is 0 Å². The number of hydrogen-bond donors (Lipinski definition) is 3. The van der Waals surface area contributed by atoms with Gasteiger partial charge in [0.2, 0.25) is 5.96 Å². The number of hydrogen-bond acceptors (Lipinski definition) is 2. The molecule has 0 aromatic rings. The second-order valence-electron chi connectivity index (χ2n) is 1.10. The van der Waals surface area contributed by atoms with Crippen LogP contribution in [-0.2, 0) is 0 Å². The Morgan fingerprint density at radius 1 is 1.56 bits per heavy atom. The maximum absolute atomic E-state index is 5.06. The number of hydrazone groups is 1. The zero-order valence-corrected chi connectivity index (χ0v) is 5.48. The van der Waals surface area contributed by atoms with Crippen LogP contribution in [0.5, 0.6) is 0 Å². The third kappa shape index (κ3) is 4.69. The summed E-state index contributed by atoms with van der Waals surface area (Å²) in [5, 5.41) is 3.43. The van der Waals surface area contributed by atoms with Crippen molar-refractivity contribution in [2.45, 2.75) is 0 Å². The summed E-state index contributed by atoms with van der Waals surface area (Å²) in [5.41, 5.74) is 12.3. The molecule has 0 bridgehead atoms. The Hall–Kier alpha value is -1.17. The van der Waals surface area contributed by atoms with E-state index in [0.29, 0.717) is 0 Å². The summed E-state index contributed by atoms with van der Waals surface area (Å²) < 4.78 is 0. The van der Waals surface area contributed by atoms with Gasteiger partial charge in [0.1, 0.15) is 0 Å². The highest BCUT2D eigenvalue weighted by Crippen LogP contribution is 1.64. The molecule has 0 saturated heterocycles. The SMILES string of the molecule is C=N/C(N)=N\NC(N)=S. The van der Waals surface area contributed by atoms with Gasteiger partial charge in [0, 0.05) is 0 Å². The predicted octanol–water partition coefficient (Wildman–Crippen LogP) is -1.25. The molecule has 9 heavy (non-hydrogen) atoms. The zero-order chi connectivity index (χ0) is 7.28. The molecule has 0 spiro atoms. The second-order valence-corrected chi connectivity index (χ2v) is 1.54. The van der Waals surface area contributed by atoms with Gasteiger partial charge >= 0.3 is 0 Å². The van der Waals surface area contributed by atoms with E-state index in [2.05, 4.69) is 34.5 Å². The van der Waals surface area contributed by atoms with Crippen LogP contribution in [0.3, 0.4) is 0 Å².